The van der Waals surface area contributed by atoms with Crippen LogP contribution in [0.4, 0.5) is 5.69 Å². The van der Waals surface area contributed by atoms with Crippen LogP contribution in [0.2, 0.25) is 0 Å². The molecular formula is C13H19ClN2OS. The lowest BCUT2D eigenvalue weighted by Gasteiger charge is -2.37. The molecule has 1 amide bonds. The van der Waals surface area contributed by atoms with Crippen molar-refractivity contribution in [2.24, 2.45) is 0 Å². The zero-order chi connectivity index (χ0) is 12.4. The van der Waals surface area contributed by atoms with E-state index in [4.69, 9.17) is 5.73 Å². The molecule has 2 atom stereocenters. The highest BCUT2D eigenvalue weighted by molar-refractivity contribution is 8.00. The molecule has 1 aliphatic rings. The summed E-state index contributed by atoms with van der Waals surface area (Å²) < 4.78 is 0. The number of hydrogen-bond donors (Lipinski definition) is 1. The Hall–Kier alpha value is -0.870. The third-order valence-corrected chi connectivity index (χ3v) is 4.62. The van der Waals surface area contributed by atoms with E-state index < -0.39 is 0 Å². The lowest BCUT2D eigenvalue weighted by atomic mass is 10.1. The fourth-order valence-corrected chi connectivity index (χ4v) is 3.16. The van der Waals surface area contributed by atoms with Gasteiger partial charge in [-0.1, -0.05) is 13.0 Å². The minimum Gasteiger partial charge on any atom is -0.399 e. The van der Waals surface area contributed by atoms with E-state index >= 15 is 0 Å². The number of amides is 1. The summed E-state index contributed by atoms with van der Waals surface area (Å²) >= 11 is 1.93. The van der Waals surface area contributed by atoms with Crippen molar-refractivity contribution in [2.45, 2.75) is 25.1 Å². The second kappa shape index (κ2) is 6.34. The van der Waals surface area contributed by atoms with Crippen molar-refractivity contribution in [3.05, 3.63) is 29.8 Å². The van der Waals surface area contributed by atoms with Crippen LogP contribution in [0.5, 0.6) is 0 Å². The minimum absolute atomic E-state index is 0. The van der Waals surface area contributed by atoms with Gasteiger partial charge in [0.1, 0.15) is 0 Å². The Morgan fingerprint density at radius 2 is 2.17 bits per heavy atom. The lowest BCUT2D eigenvalue weighted by molar-refractivity contribution is 0.0698. The van der Waals surface area contributed by atoms with E-state index in [1.54, 1.807) is 12.1 Å². The van der Waals surface area contributed by atoms with E-state index in [0.717, 1.165) is 12.3 Å². The van der Waals surface area contributed by atoms with Crippen molar-refractivity contribution >= 4 is 35.8 Å². The molecule has 0 bridgehead atoms. The van der Waals surface area contributed by atoms with Crippen molar-refractivity contribution in [3.8, 4) is 0 Å². The monoisotopic (exact) mass is 286 g/mol. The van der Waals surface area contributed by atoms with Gasteiger partial charge in [0.05, 0.1) is 0 Å². The lowest BCUT2D eigenvalue weighted by Crippen LogP contribution is -2.47. The van der Waals surface area contributed by atoms with Crippen LogP contribution in [0.15, 0.2) is 24.3 Å². The number of hydrogen-bond acceptors (Lipinski definition) is 3. The van der Waals surface area contributed by atoms with Gasteiger partial charge >= 0.3 is 0 Å². The minimum atomic E-state index is 0. The van der Waals surface area contributed by atoms with Crippen molar-refractivity contribution in [1.82, 2.24) is 4.90 Å². The number of carbonyl (C=O) groups is 1. The molecule has 0 saturated carbocycles. The standard InChI is InChI=1S/C13H18N2OS.ClH/c1-9-10(2)17-7-6-15(9)13(16)11-4-3-5-12(14)8-11;/h3-5,8-10H,6-7,14H2,1-2H3;1H. The van der Waals surface area contributed by atoms with Crippen LogP contribution in [-0.2, 0) is 0 Å². The number of halogens is 1. The number of nitrogen functional groups attached to an aromatic ring is 1. The Kier molecular flexibility index (Phi) is 5.35. The number of thioether (sulfide) groups is 1. The second-order valence-electron chi connectivity index (χ2n) is 4.44. The first-order chi connectivity index (χ1) is 8.09. The van der Waals surface area contributed by atoms with E-state index in [0.29, 0.717) is 16.5 Å². The molecule has 18 heavy (non-hydrogen) atoms. The Bertz CT molecular complexity index is 427. The van der Waals surface area contributed by atoms with E-state index in [9.17, 15) is 4.79 Å². The van der Waals surface area contributed by atoms with E-state index in [1.165, 1.54) is 0 Å². The fraction of sp³-hybridized carbons (Fsp3) is 0.462. The molecule has 1 heterocycles. The second-order valence-corrected chi connectivity index (χ2v) is 5.93. The fourth-order valence-electron chi connectivity index (χ4n) is 2.06. The molecule has 1 fully saturated rings. The first kappa shape index (κ1) is 15.2. The van der Waals surface area contributed by atoms with Crippen molar-refractivity contribution in [3.63, 3.8) is 0 Å². The molecule has 2 rings (SSSR count). The molecule has 0 radical (unpaired) electrons. The number of carbonyl (C=O) groups excluding carboxylic acids is 1. The van der Waals surface area contributed by atoms with E-state index in [2.05, 4.69) is 13.8 Å². The van der Waals surface area contributed by atoms with Gasteiger partial charge in [0, 0.05) is 34.8 Å². The predicted octanol–water partition coefficient (Wildman–Crippen LogP) is 2.66. The zero-order valence-corrected chi connectivity index (χ0v) is 12.3. The van der Waals surface area contributed by atoms with Crippen LogP contribution in [0.1, 0.15) is 24.2 Å². The number of nitrogens with two attached hydrogens (primary N) is 1. The van der Waals surface area contributed by atoms with Gasteiger partial charge in [0.15, 0.2) is 0 Å². The van der Waals surface area contributed by atoms with Crippen molar-refractivity contribution in [1.29, 1.82) is 0 Å². The third-order valence-electron chi connectivity index (χ3n) is 3.28. The Morgan fingerprint density at radius 3 is 2.83 bits per heavy atom. The van der Waals surface area contributed by atoms with Gasteiger partial charge in [-0.15, -0.1) is 12.4 Å². The molecule has 100 valence electrons. The van der Waals surface area contributed by atoms with Gasteiger partial charge in [-0.25, -0.2) is 0 Å². The van der Waals surface area contributed by atoms with Gasteiger partial charge in [-0.05, 0) is 25.1 Å². The molecule has 2 unspecified atom stereocenters. The summed E-state index contributed by atoms with van der Waals surface area (Å²) in [6.07, 6.45) is 0. The molecule has 1 aliphatic heterocycles. The summed E-state index contributed by atoms with van der Waals surface area (Å²) in [7, 11) is 0. The SMILES string of the molecule is CC1SCCN(C(=O)c2cccc(N)c2)C1C.Cl. The highest BCUT2D eigenvalue weighted by atomic mass is 35.5. The first-order valence-electron chi connectivity index (χ1n) is 5.87. The molecule has 0 aromatic heterocycles. The van der Waals surface area contributed by atoms with Gasteiger partial charge in [-0.2, -0.15) is 11.8 Å². The molecule has 0 aliphatic carbocycles. The maximum atomic E-state index is 12.4. The largest absolute Gasteiger partial charge is 0.399 e. The summed E-state index contributed by atoms with van der Waals surface area (Å²) in [4.78, 5) is 14.3. The number of nitrogens with zero attached hydrogens (tertiary/aromatic N) is 1. The van der Waals surface area contributed by atoms with Crippen molar-refractivity contribution < 1.29 is 4.79 Å². The summed E-state index contributed by atoms with van der Waals surface area (Å²) in [5, 5.41) is 0.494. The van der Waals surface area contributed by atoms with Crippen LogP contribution in [0.25, 0.3) is 0 Å². The summed E-state index contributed by atoms with van der Waals surface area (Å²) in [6, 6.07) is 7.49. The van der Waals surface area contributed by atoms with Crippen LogP contribution in [0.3, 0.4) is 0 Å². The maximum absolute atomic E-state index is 12.4. The third kappa shape index (κ3) is 3.12. The van der Waals surface area contributed by atoms with E-state index in [-0.39, 0.29) is 24.4 Å². The highest BCUT2D eigenvalue weighted by Gasteiger charge is 2.29. The van der Waals surface area contributed by atoms with Crippen molar-refractivity contribution in [2.75, 3.05) is 18.0 Å². The van der Waals surface area contributed by atoms with Gasteiger partial charge in [-0.3, -0.25) is 4.79 Å². The summed E-state index contributed by atoms with van der Waals surface area (Å²) in [6.45, 7) is 5.11. The topological polar surface area (TPSA) is 46.3 Å². The van der Waals surface area contributed by atoms with Crippen LogP contribution in [-0.4, -0.2) is 34.4 Å². The zero-order valence-electron chi connectivity index (χ0n) is 10.6. The highest BCUT2D eigenvalue weighted by Crippen LogP contribution is 2.25. The van der Waals surface area contributed by atoms with Gasteiger partial charge in [0.2, 0.25) is 0 Å². The first-order valence-corrected chi connectivity index (χ1v) is 6.92. The molecule has 1 aromatic rings. The van der Waals surface area contributed by atoms with Crippen LogP contribution < -0.4 is 5.73 Å². The molecule has 3 nitrogen and oxygen atoms in total. The van der Waals surface area contributed by atoms with Gasteiger partial charge in [0.25, 0.3) is 5.91 Å². The summed E-state index contributed by atoms with van der Waals surface area (Å²) in [5.74, 6) is 1.11. The average Bonchev–Trinajstić information content (AvgIpc) is 2.32. The average molecular weight is 287 g/mol. The smallest absolute Gasteiger partial charge is 0.254 e. The molecule has 2 N–H and O–H groups in total. The quantitative estimate of drug-likeness (QED) is 0.808. The maximum Gasteiger partial charge on any atom is 0.254 e. The summed E-state index contributed by atoms with van der Waals surface area (Å²) in [5.41, 5.74) is 7.05. The molecule has 5 heteroatoms. The number of benzene rings is 1. The Balaban J connectivity index is 0.00000162. The molecule has 1 saturated heterocycles. The van der Waals surface area contributed by atoms with Crippen LogP contribution in [0, 0.1) is 0 Å². The molecular weight excluding hydrogens is 268 g/mol. The Morgan fingerprint density at radius 1 is 1.44 bits per heavy atom. The van der Waals surface area contributed by atoms with Gasteiger partial charge < -0.3 is 10.6 Å². The number of anilines is 1. The Labute approximate surface area is 119 Å². The van der Waals surface area contributed by atoms with E-state index in [1.807, 2.05) is 28.8 Å². The number of rotatable bonds is 1. The molecule has 0 spiro atoms. The predicted molar refractivity (Wildman–Crippen MR) is 80.5 cm³/mol. The van der Waals surface area contributed by atoms with Crippen LogP contribution >= 0.6 is 24.2 Å². The normalized spacial score (nSPS) is 23.3. The molecule has 1 aromatic carbocycles.